The van der Waals surface area contributed by atoms with Gasteiger partial charge in [-0.3, -0.25) is 9.59 Å². The highest BCUT2D eigenvalue weighted by Gasteiger charge is 2.25. The van der Waals surface area contributed by atoms with Crippen LogP contribution in [0.3, 0.4) is 0 Å². The van der Waals surface area contributed by atoms with E-state index in [1.807, 2.05) is 0 Å². The van der Waals surface area contributed by atoms with Gasteiger partial charge in [-0.15, -0.1) is 0 Å². The van der Waals surface area contributed by atoms with Gasteiger partial charge in [-0.2, -0.15) is 0 Å². The van der Waals surface area contributed by atoms with Crippen LogP contribution in [0.15, 0.2) is 54.6 Å². The molecule has 0 atom stereocenters. The average molecular weight is 477 g/mol. The van der Waals surface area contributed by atoms with Gasteiger partial charge in [0.25, 0.3) is 0 Å². The molecule has 0 aliphatic carbocycles. The van der Waals surface area contributed by atoms with Crippen LogP contribution in [0.2, 0.25) is 0 Å². The van der Waals surface area contributed by atoms with Crippen LogP contribution in [0.25, 0.3) is 0 Å². The van der Waals surface area contributed by atoms with E-state index < -0.39 is 17.3 Å². The van der Waals surface area contributed by atoms with Gasteiger partial charge in [0.2, 0.25) is 0 Å². The third-order valence-corrected chi connectivity index (χ3v) is 5.77. The number of phenolic OH excluding ortho intramolecular Hbond substituents is 2. The minimum Gasteiger partial charge on any atom is -0.508 e. The summed E-state index contributed by atoms with van der Waals surface area (Å²) in [5.41, 5.74) is 0.567. The van der Waals surface area contributed by atoms with Crippen molar-refractivity contribution in [3.05, 3.63) is 82.4 Å². The minimum absolute atomic E-state index is 0.104. The molecule has 3 aromatic carbocycles. The maximum absolute atomic E-state index is 13.3. The summed E-state index contributed by atoms with van der Waals surface area (Å²) < 4.78 is 11.3. The van der Waals surface area contributed by atoms with Crippen molar-refractivity contribution >= 4 is 11.6 Å². The lowest BCUT2D eigenvalue weighted by molar-refractivity contribution is 0.103. The van der Waals surface area contributed by atoms with Crippen LogP contribution >= 0.6 is 0 Å². The number of hydrogen-bond acceptors (Lipinski definition) is 6. The molecular formula is C29H32O6. The fraction of sp³-hybridized carbons (Fsp3) is 0.310. The monoisotopic (exact) mass is 476 g/mol. The molecule has 3 rings (SSSR count). The molecule has 0 aliphatic rings. The van der Waals surface area contributed by atoms with E-state index in [2.05, 4.69) is 13.8 Å². The molecule has 0 bridgehead atoms. The number of benzene rings is 3. The molecule has 6 nitrogen and oxygen atoms in total. The minimum atomic E-state index is -0.508. The number of phenols is 2. The largest absolute Gasteiger partial charge is 0.508 e. The van der Waals surface area contributed by atoms with Crippen LogP contribution in [0.1, 0.15) is 76.9 Å². The number of ether oxygens (including phenoxy) is 2. The summed E-state index contributed by atoms with van der Waals surface area (Å²) in [5.74, 6) is -0.416. The summed E-state index contributed by atoms with van der Waals surface area (Å²) in [7, 11) is 0. The van der Waals surface area contributed by atoms with Crippen molar-refractivity contribution in [1.82, 2.24) is 0 Å². The van der Waals surface area contributed by atoms with Crippen molar-refractivity contribution < 1.29 is 29.3 Å². The second-order valence-electron chi connectivity index (χ2n) is 8.40. The molecule has 0 amide bonds. The van der Waals surface area contributed by atoms with E-state index in [-0.39, 0.29) is 22.4 Å². The first-order chi connectivity index (χ1) is 16.9. The molecule has 2 N–H and O–H groups in total. The van der Waals surface area contributed by atoms with Crippen molar-refractivity contribution in [2.45, 2.75) is 46.5 Å². The zero-order valence-electron chi connectivity index (χ0n) is 20.5. The van der Waals surface area contributed by atoms with E-state index in [9.17, 15) is 19.8 Å². The van der Waals surface area contributed by atoms with Crippen LogP contribution in [-0.4, -0.2) is 35.0 Å². The Hall–Kier alpha value is -3.80. The summed E-state index contributed by atoms with van der Waals surface area (Å²) in [4.78, 5) is 26.4. The first-order valence-corrected chi connectivity index (χ1v) is 12.0. The highest BCUT2D eigenvalue weighted by atomic mass is 16.5. The van der Waals surface area contributed by atoms with Crippen molar-refractivity contribution in [3.63, 3.8) is 0 Å². The first kappa shape index (κ1) is 25.8. The number of rotatable bonds is 12. The van der Waals surface area contributed by atoms with Crippen LogP contribution in [-0.2, 0) is 0 Å². The van der Waals surface area contributed by atoms with Gasteiger partial charge in [0.15, 0.2) is 11.6 Å². The number of hydrogen-bond donors (Lipinski definition) is 2. The Bertz CT molecular complexity index is 1160. The summed E-state index contributed by atoms with van der Waals surface area (Å²) in [5, 5.41) is 21.4. The van der Waals surface area contributed by atoms with Gasteiger partial charge in [0.05, 0.1) is 24.3 Å². The Kier molecular flexibility index (Phi) is 8.90. The Morgan fingerprint density at radius 3 is 1.66 bits per heavy atom. The van der Waals surface area contributed by atoms with E-state index in [0.717, 1.165) is 25.7 Å². The second-order valence-corrected chi connectivity index (χ2v) is 8.40. The summed E-state index contributed by atoms with van der Waals surface area (Å²) >= 11 is 0. The quantitative estimate of drug-likeness (QED) is 0.183. The third-order valence-electron chi connectivity index (χ3n) is 5.77. The fourth-order valence-electron chi connectivity index (χ4n) is 3.58. The predicted octanol–water partition coefficient (Wildman–Crippen LogP) is 6.23. The topological polar surface area (TPSA) is 93.1 Å². The number of unbranched alkanes of at least 4 members (excludes halogenated alkanes) is 2. The standard InChI is InChI=1S/C29H32O6/c1-4-6-16-34-22-12-8-20(9-13-22)27(31)24-18-25(30)19(3)26(29(24)33)28(32)21-10-14-23(15-11-21)35-17-7-5-2/h8-15,18,30,33H,4-7,16-17H2,1-3H3. The van der Waals surface area contributed by atoms with Crippen molar-refractivity contribution in [1.29, 1.82) is 0 Å². The van der Waals surface area contributed by atoms with Crippen LogP contribution < -0.4 is 9.47 Å². The highest BCUT2D eigenvalue weighted by Crippen LogP contribution is 2.36. The maximum Gasteiger partial charge on any atom is 0.197 e. The number of carbonyl (C=O) groups excluding carboxylic acids is 2. The lowest BCUT2D eigenvalue weighted by atomic mass is 9.92. The van der Waals surface area contributed by atoms with Gasteiger partial charge in [0.1, 0.15) is 23.0 Å². The molecule has 6 heteroatoms. The highest BCUT2D eigenvalue weighted by molar-refractivity contribution is 6.17. The van der Waals surface area contributed by atoms with E-state index in [1.165, 1.54) is 13.0 Å². The van der Waals surface area contributed by atoms with Crippen LogP contribution in [0.5, 0.6) is 23.0 Å². The lowest BCUT2D eigenvalue weighted by Crippen LogP contribution is -2.09. The molecule has 3 aromatic rings. The van der Waals surface area contributed by atoms with E-state index in [4.69, 9.17) is 9.47 Å². The second kappa shape index (κ2) is 12.1. The summed E-state index contributed by atoms with van der Waals surface area (Å²) in [6.45, 7) is 6.86. The van der Waals surface area contributed by atoms with Gasteiger partial charge >= 0.3 is 0 Å². The van der Waals surface area contributed by atoms with Crippen molar-refractivity contribution in [3.8, 4) is 23.0 Å². The Morgan fingerprint density at radius 2 is 1.20 bits per heavy atom. The van der Waals surface area contributed by atoms with Gasteiger partial charge in [-0.25, -0.2) is 0 Å². The lowest BCUT2D eigenvalue weighted by Gasteiger charge is -2.14. The normalized spacial score (nSPS) is 10.7. The molecule has 0 heterocycles. The Morgan fingerprint density at radius 1 is 0.743 bits per heavy atom. The Labute approximate surface area is 206 Å². The van der Waals surface area contributed by atoms with Gasteiger partial charge < -0.3 is 19.7 Å². The molecule has 0 fully saturated rings. The smallest absolute Gasteiger partial charge is 0.197 e. The van der Waals surface area contributed by atoms with Gasteiger partial charge in [0, 0.05) is 16.7 Å². The maximum atomic E-state index is 13.3. The van der Waals surface area contributed by atoms with E-state index >= 15 is 0 Å². The molecule has 0 unspecified atom stereocenters. The SMILES string of the molecule is CCCCOc1ccc(C(=O)c2cc(O)c(C)c(C(=O)c3ccc(OCCCC)cc3)c2O)cc1. The van der Waals surface area contributed by atoms with E-state index in [1.54, 1.807) is 48.5 Å². The molecular weight excluding hydrogens is 444 g/mol. The van der Waals surface area contributed by atoms with Gasteiger partial charge in [-0.1, -0.05) is 26.7 Å². The fourth-order valence-corrected chi connectivity index (χ4v) is 3.58. The van der Waals surface area contributed by atoms with Crippen molar-refractivity contribution in [2.24, 2.45) is 0 Å². The Balaban J connectivity index is 1.87. The average Bonchev–Trinajstić information content (AvgIpc) is 2.87. The zero-order valence-corrected chi connectivity index (χ0v) is 20.5. The molecule has 184 valence electrons. The molecule has 0 saturated heterocycles. The summed E-state index contributed by atoms with van der Waals surface area (Å²) in [6.07, 6.45) is 3.90. The molecule has 35 heavy (non-hydrogen) atoms. The van der Waals surface area contributed by atoms with Crippen molar-refractivity contribution in [2.75, 3.05) is 13.2 Å². The first-order valence-electron chi connectivity index (χ1n) is 12.0. The summed E-state index contributed by atoms with van der Waals surface area (Å²) in [6, 6.07) is 14.3. The molecule has 0 aromatic heterocycles. The molecule has 0 saturated carbocycles. The number of aromatic hydroxyl groups is 2. The number of carbonyl (C=O) groups is 2. The molecule has 0 aliphatic heterocycles. The number of ketones is 2. The zero-order chi connectivity index (χ0) is 25.4. The third kappa shape index (κ3) is 6.21. The van der Waals surface area contributed by atoms with E-state index in [0.29, 0.717) is 35.8 Å². The molecule has 0 spiro atoms. The molecule has 0 radical (unpaired) electrons. The van der Waals surface area contributed by atoms with Crippen LogP contribution in [0.4, 0.5) is 0 Å². The van der Waals surface area contributed by atoms with Crippen LogP contribution in [0, 0.1) is 6.92 Å². The predicted molar refractivity (Wildman–Crippen MR) is 135 cm³/mol. The van der Waals surface area contributed by atoms with Gasteiger partial charge in [-0.05, 0) is 74.4 Å².